The first-order valence-corrected chi connectivity index (χ1v) is 5.67. The summed E-state index contributed by atoms with van der Waals surface area (Å²) in [4.78, 5) is 2.65. The summed E-state index contributed by atoms with van der Waals surface area (Å²) in [5.74, 6) is 0. The van der Waals surface area contributed by atoms with Crippen LogP contribution in [-0.4, -0.2) is 31.0 Å². The summed E-state index contributed by atoms with van der Waals surface area (Å²) < 4.78 is 24.5. The molecule has 1 aromatic rings. The molecule has 1 heterocycles. The maximum Gasteiger partial charge on any atom is 0.251 e. The number of hydrogen-bond donors (Lipinski definition) is 1. The molecule has 86 valence electrons. The van der Waals surface area contributed by atoms with E-state index in [0.29, 0.717) is 0 Å². The highest BCUT2D eigenvalue weighted by Crippen LogP contribution is 2.26. The van der Waals surface area contributed by atoms with E-state index in [1.165, 1.54) is 0 Å². The second-order valence-electron chi connectivity index (χ2n) is 3.65. The standard InChI is InChI=1S/C10H16F2N2S/c1-7(13)10(8-4-3-5-15-8)14(2)6-9(11)12/h3-5,7,9-10H,6,13H2,1-2H3. The van der Waals surface area contributed by atoms with Crippen molar-refractivity contribution in [3.05, 3.63) is 22.4 Å². The van der Waals surface area contributed by atoms with Crippen molar-refractivity contribution in [1.82, 2.24) is 4.90 Å². The van der Waals surface area contributed by atoms with Gasteiger partial charge in [-0.05, 0) is 25.4 Å². The zero-order valence-electron chi connectivity index (χ0n) is 8.86. The summed E-state index contributed by atoms with van der Waals surface area (Å²) >= 11 is 1.55. The van der Waals surface area contributed by atoms with Crippen molar-refractivity contribution in [2.75, 3.05) is 13.6 Å². The third kappa shape index (κ3) is 3.52. The van der Waals surface area contributed by atoms with Crippen LogP contribution in [0.2, 0.25) is 0 Å². The van der Waals surface area contributed by atoms with Crippen LogP contribution in [0.1, 0.15) is 17.8 Å². The summed E-state index contributed by atoms with van der Waals surface area (Å²) in [6.07, 6.45) is -2.32. The van der Waals surface area contributed by atoms with Gasteiger partial charge in [0, 0.05) is 10.9 Å². The fourth-order valence-electron chi connectivity index (χ4n) is 1.67. The number of rotatable bonds is 5. The average Bonchev–Trinajstić information content (AvgIpc) is 2.54. The Morgan fingerprint density at radius 1 is 1.53 bits per heavy atom. The van der Waals surface area contributed by atoms with Gasteiger partial charge in [0.05, 0.1) is 12.6 Å². The SMILES string of the molecule is CC(N)C(c1cccs1)N(C)CC(F)F. The van der Waals surface area contributed by atoms with Gasteiger partial charge in [-0.1, -0.05) is 6.07 Å². The summed E-state index contributed by atoms with van der Waals surface area (Å²) in [6.45, 7) is 1.59. The quantitative estimate of drug-likeness (QED) is 0.847. The molecule has 0 saturated carbocycles. The van der Waals surface area contributed by atoms with E-state index in [0.717, 1.165) is 4.88 Å². The molecular weight excluding hydrogens is 218 g/mol. The molecule has 2 N–H and O–H groups in total. The van der Waals surface area contributed by atoms with E-state index in [1.54, 1.807) is 23.3 Å². The van der Waals surface area contributed by atoms with Crippen LogP contribution in [0.25, 0.3) is 0 Å². The summed E-state index contributed by atoms with van der Waals surface area (Å²) in [5.41, 5.74) is 5.82. The molecule has 2 unspecified atom stereocenters. The minimum atomic E-state index is -2.32. The van der Waals surface area contributed by atoms with Gasteiger partial charge in [0.15, 0.2) is 0 Å². The number of nitrogens with zero attached hydrogens (tertiary/aromatic N) is 1. The Hall–Kier alpha value is -0.520. The van der Waals surface area contributed by atoms with Crippen molar-refractivity contribution in [3.63, 3.8) is 0 Å². The van der Waals surface area contributed by atoms with Crippen molar-refractivity contribution < 1.29 is 8.78 Å². The molecule has 2 atom stereocenters. The topological polar surface area (TPSA) is 29.3 Å². The lowest BCUT2D eigenvalue weighted by Crippen LogP contribution is -2.39. The van der Waals surface area contributed by atoms with Crippen LogP contribution in [0, 0.1) is 0 Å². The maximum atomic E-state index is 12.3. The molecule has 0 fully saturated rings. The largest absolute Gasteiger partial charge is 0.326 e. The molecule has 0 aromatic carbocycles. The third-order valence-electron chi connectivity index (χ3n) is 2.23. The van der Waals surface area contributed by atoms with E-state index in [2.05, 4.69) is 0 Å². The average molecular weight is 234 g/mol. The van der Waals surface area contributed by atoms with Crippen molar-refractivity contribution in [1.29, 1.82) is 0 Å². The first-order chi connectivity index (χ1) is 7.02. The van der Waals surface area contributed by atoms with Crippen LogP contribution in [0.4, 0.5) is 8.78 Å². The predicted molar refractivity (Wildman–Crippen MR) is 59.3 cm³/mol. The smallest absolute Gasteiger partial charge is 0.251 e. The molecule has 0 aliphatic rings. The van der Waals surface area contributed by atoms with Gasteiger partial charge in [0.1, 0.15) is 0 Å². The van der Waals surface area contributed by atoms with Crippen molar-refractivity contribution in [2.24, 2.45) is 5.73 Å². The molecule has 2 nitrogen and oxygen atoms in total. The highest BCUT2D eigenvalue weighted by molar-refractivity contribution is 7.10. The lowest BCUT2D eigenvalue weighted by Gasteiger charge is -2.29. The second-order valence-corrected chi connectivity index (χ2v) is 4.63. The Labute approximate surface area is 92.7 Å². The van der Waals surface area contributed by atoms with Gasteiger partial charge >= 0.3 is 0 Å². The summed E-state index contributed by atoms with van der Waals surface area (Å²) in [7, 11) is 1.68. The van der Waals surface area contributed by atoms with Crippen LogP contribution in [0.3, 0.4) is 0 Å². The molecule has 0 spiro atoms. The van der Waals surface area contributed by atoms with E-state index in [9.17, 15) is 8.78 Å². The van der Waals surface area contributed by atoms with Crippen molar-refractivity contribution in [3.8, 4) is 0 Å². The van der Waals surface area contributed by atoms with E-state index < -0.39 is 6.43 Å². The Kier molecular flexibility index (Phi) is 4.63. The second kappa shape index (κ2) is 5.53. The van der Waals surface area contributed by atoms with E-state index in [-0.39, 0.29) is 18.6 Å². The molecule has 1 rings (SSSR count). The van der Waals surface area contributed by atoms with Gasteiger partial charge in [-0.15, -0.1) is 11.3 Å². The molecule has 1 aromatic heterocycles. The van der Waals surface area contributed by atoms with Crippen LogP contribution in [0.15, 0.2) is 17.5 Å². The Bertz CT molecular complexity index is 275. The van der Waals surface area contributed by atoms with E-state index >= 15 is 0 Å². The monoisotopic (exact) mass is 234 g/mol. The van der Waals surface area contributed by atoms with Gasteiger partial charge < -0.3 is 5.73 Å². The van der Waals surface area contributed by atoms with Gasteiger partial charge in [-0.3, -0.25) is 4.90 Å². The Morgan fingerprint density at radius 2 is 2.20 bits per heavy atom. The summed E-state index contributed by atoms with van der Waals surface area (Å²) in [5, 5.41) is 1.93. The first-order valence-electron chi connectivity index (χ1n) is 4.79. The maximum absolute atomic E-state index is 12.3. The fraction of sp³-hybridized carbons (Fsp3) is 0.600. The number of halogens is 2. The minimum Gasteiger partial charge on any atom is -0.326 e. The van der Waals surface area contributed by atoms with Crippen LogP contribution >= 0.6 is 11.3 Å². The van der Waals surface area contributed by atoms with Crippen LogP contribution < -0.4 is 5.73 Å². The van der Waals surface area contributed by atoms with Gasteiger partial charge in [0.25, 0.3) is 6.43 Å². The van der Waals surface area contributed by atoms with E-state index in [4.69, 9.17) is 5.73 Å². The van der Waals surface area contributed by atoms with Crippen molar-refractivity contribution >= 4 is 11.3 Å². The number of likely N-dealkylation sites (N-methyl/N-ethyl adjacent to an activating group) is 1. The number of alkyl halides is 2. The molecule has 0 radical (unpaired) electrons. The molecule has 5 heteroatoms. The van der Waals surface area contributed by atoms with Gasteiger partial charge in [-0.25, -0.2) is 8.78 Å². The van der Waals surface area contributed by atoms with Crippen molar-refractivity contribution in [2.45, 2.75) is 25.4 Å². The zero-order valence-corrected chi connectivity index (χ0v) is 9.68. The normalized spacial score (nSPS) is 15.9. The molecule has 15 heavy (non-hydrogen) atoms. The van der Waals surface area contributed by atoms with Gasteiger partial charge in [0.2, 0.25) is 0 Å². The number of thiophene rings is 1. The lowest BCUT2D eigenvalue weighted by atomic mass is 10.1. The lowest BCUT2D eigenvalue weighted by molar-refractivity contribution is 0.0763. The molecule has 0 amide bonds. The molecule has 0 aliphatic carbocycles. The zero-order chi connectivity index (χ0) is 11.4. The highest BCUT2D eigenvalue weighted by Gasteiger charge is 2.23. The Balaban J connectivity index is 2.74. The first kappa shape index (κ1) is 12.5. The van der Waals surface area contributed by atoms with E-state index in [1.807, 2.05) is 24.4 Å². The Morgan fingerprint density at radius 3 is 2.60 bits per heavy atom. The predicted octanol–water partition coefficient (Wildman–Crippen LogP) is 2.33. The third-order valence-corrected chi connectivity index (χ3v) is 3.18. The number of nitrogens with two attached hydrogens (primary N) is 1. The summed E-state index contributed by atoms with van der Waals surface area (Å²) in [6, 6.07) is 3.55. The molecule has 0 bridgehead atoms. The fourth-order valence-corrected chi connectivity index (χ4v) is 2.67. The molecule has 0 aliphatic heterocycles. The minimum absolute atomic E-state index is 0.126. The van der Waals surface area contributed by atoms with Crippen LogP contribution in [0.5, 0.6) is 0 Å². The van der Waals surface area contributed by atoms with Gasteiger partial charge in [-0.2, -0.15) is 0 Å². The molecular formula is C10H16F2N2S. The highest BCUT2D eigenvalue weighted by atomic mass is 32.1. The number of hydrogen-bond acceptors (Lipinski definition) is 3. The molecule has 0 saturated heterocycles. The van der Waals surface area contributed by atoms with Crippen LogP contribution in [-0.2, 0) is 0 Å².